The second-order valence-corrected chi connectivity index (χ2v) is 4.30. The maximum Gasteiger partial charge on any atom is 0.311 e. The van der Waals surface area contributed by atoms with Crippen molar-refractivity contribution in [2.24, 2.45) is 0 Å². The van der Waals surface area contributed by atoms with E-state index in [-0.39, 0.29) is 17.1 Å². The van der Waals surface area contributed by atoms with Crippen LogP contribution in [-0.2, 0) is 24.4 Å². The number of imide groups is 1. The normalized spacial score (nSPS) is 17.3. The lowest BCUT2D eigenvalue weighted by atomic mass is 10.4. The summed E-state index contributed by atoms with van der Waals surface area (Å²) < 4.78 is 22.5. The van der Waals surface area contributed by atoms with E-state index >= 15 is 0 Å². The lowest BCUT2D eigenvalue weighted by molar-refractivity contribution is -0.132. The molecule has 1 aliphatic heterocycles. The minimum atomic E-state index is -4.51. The predicted octanol–water partition coefficient (Wildman–Crippen LogP) is -0.822. The van der Waals surface area contributed by atoms with E-state index < -0.39 is 27.0 Å². The average Bonchev–Trinajstić information content (AvgIpc) is 2.44. The van der Waals surface area contributed by atoms with Crippen LogP contribution in [-0.4, -0.2) is 29.7 Å². The van der Waals surface area contributed by atoms with Crippen LogP contribution in [0.1, 0.15) is 12.8 Å². The molecule has 14 heavy (non-hydrogen) atoms. The van der Waals surface area contributed by atoms with E-state index in [2.05, 4.69) is 6.58 Å². The van der Waals surface area contributed by atoms with Gasteiger partial charge in [-0.1, -0.05) is 6.58 Å². The Bertz CT molecular complexity index is 405. The molecule has 2 amide bonds. The van der Waals surface area contributed by atoms with Crippen LogP contribution in [0.2, 0.25) is 0 Å². The number of carbonyl (C=O) groups is 3. The van der Waals surface area contributed by atoms with Crippen molar-refractivity contribution >= 4 is 27.0 Å². The number of amides is 2. The third-order valence-corrected chi connectivity index (χ3v) is 3.23. The summed E-state index contributed by atoms with van der Waals surface area (Å²) in [4.78, 5) is 32.8. The topological polar surface area (TPSA) is 88.6 Å². The average molecular weight is 217 g/mol. The van der Waals surface area contributed by atoms with Crippen molar-refractivity contribution in [1.29, 1.82) is 0 Å². The first-order valence-corrected chi connectivity index (χ1v) is 5.12. The van der Waals surface area contributed by atoms with Crippen molar-refractivity contribution in [3.05, 3.63) is 12.7 Å². The highest BCUT2D eigenvalue weighted by atomic mass is 32.2. The van der Waals surface area contributed by atoms with E-state index in [1.54, 1.807) is 0 Å². The van der Waals surface area contributed by atoms with Crippen molar-refractivity contribution in [2.45, 2.75) is 12.8 Å². The molecule has 1 heterocycles. The van der Waals surface area contributed by atoms with Crippen molar-refractivity contribution < 1.29 is 22.8 Å². The van der Waals surface area contributed by atoms with Gasteiger partial charge in [0.2, 0.25) is 11.8 Å². The molecule has 1 fully saturated rings. The lowest BCUT2D eigenvalue weighted by Crippen LogP contribution is -2.39. The quantitative estimate of drug-likeness (QED) is 0.445. The number of hydrogen-bond acceptors (Lipinski definition) is 5. The zero-order valence-corrected chi connectivity index (χ0v) is 7.91. The second kappa shape index (κ2) is 3.33. The Kier molecular flexibility index (Phi) is 2.52. The van der Waals surface area contributed by atoms with E-state index in [0.717, 1.165) is 0 Å². The first kappa shape index (κ1) is 10.6. The molecule has 6 nitrogen and oxygen atoms in total. The molecular weight excluding hydrogens is 210 g/mol. The first-order valence-electron chi connectivity index (χ1n) is 3.68. The molecule has 0 bridgehead atoms. The molecule has 1 aliphatic rings. The Morgan fingerprint density at radius 2 is 1.71 bits per heavy atom. The van der Waals surface area contributed by atoms with Gasteiger partial charge in [-0.05, 0) is 6.08 Å². The van der Waals surface area contributed by atoms with Crippen molar-refractivity contribution in [3.8, 4) is 0 Å². The van der Waals surface area contributed by atoms with E-state index in [9.17, 15) is 22.8 Å². The van der Waals surface area contributed by atoms with Gasteiger partial charge < -0.3 is 0 Å². The summed E-state index contributed by atoms with van der Waals surface area (Å²) in [7, 11) is -4.51. The third kappa shape index (κ3) is 1.46. The molecule has 1 rings (SSSR count). The summed E-state index contributed by atoms with van der Waals surface area (Å²) in [5.74, 6) is -1.74. The van der Waals surface area contributed by atoms with E-state index in [1.165, 1.54) is 0 Å². The predicted molar refractivity (Wildman–Crippen MR) is 45.2 cm³/mol. The minimum Gasteiger partial charge on any atom is -0.275 e. The molecule has 0 saturated carbocycles. The van der Waals surface area contributed by atoms with Gasteiger partial charge in [-0.25, -0.2) is 0 Å². The van der Waals surface area contributed by atoms with Gasteiger partial charge in [-0.15, -0.1) is 0 Å². The number of carbonyl (C=O) groups excluding carboxylic acids is 3. The van der Waals surface area contributed by atoms with E-state index in [1.807, 2.05) is 0 Å². The van der Waals surface area contributed by atoms with Gasteiger partial charge in [-0.3, -0.25) is 14.4 Å². The first-order chi connectivity index (χ1) is 6.41. The van der Waals surface area contributed by atoms with Gasteiger partial charge in [0.15, 0.2) is 0 Å². The van der Waals surface area contributed by atoms with Crippen LogP contribution in [0.5, 0.6) is 0 Å². The maximum atomic E-state index is 11.2. The highest BCUT2D eigenvalue weighted by molar-refractivity contribution is 8.05. The molecule has 76 valence electrons. The Balaban J connectivity index is 3.16. The summed E-state index contributed by atoms with van der Waals surface area (Å²) in [6.07, 6.45) is 0.194. The summed E-state index contributed by atoms with van der Waals surface area (Å²) in [5.41, 5.74) is 0. The van der Waals surface area contributed by atoms with E-state index in [4.69, 9.17) is 0 Å². The third-order valence-electron chi connectivity index (χ3n) is 1.67. The Labute approximate surface area is 80.2 Å². The van der Waals surface area contributed by atoms with Crippen LogP contribution < -0.4 is 0 Å². The van der Waals surface area contributed by atoms with Gasteiger partial charge in [0.1, 0.15) is 0 Å². The summed E-state index contributed by atoms with van der Waals surface area (Å²) in [6, 6.07) is 0. The van der Waals surface area contributed by atoms with Crippen LogP contribution in [0.4, 0.5) is 0 Å². The second-order valence-electron chi connectivity index (χ2n) is 2.58. The SMILES string of the molecule is C=CC(=O)S(=O)(=O)N1C(=O)CCC1=O. The molecule has 0 N–H and O–H groups in total. The standard InChI is InChI=1S/C7H7NO5S/c1-2-7(11)14(12,13)8-5(9)3-4-6(8)10/h2H,1,3-4H2. The molecule has 0 aromatic rings. The number of hydrogen-bond donors (Lipinski definition) is 0. The number of sulfonamides is 1. The molecule has 0 unspecified atom stereocenters. The number of rotatable bonds is 2. The van der Waals surface area contributed by atoms with Gasteiger partial charge in [0, 0.05) is 12.8 Å². The summed E-state index contributed by atoms with van der Waals surface area (Å²) in [6.45, 7) is 2.97. The Hall–Kier alpha value is -1.50. The zero-order chi connectivity index (χ0) is 10.9. The molecular formula is C7H7NO5S. The fraction of sp³-hybridized carbons (Fsp3) is 0.286. The van der Waals surface area contributed by atoms with Gasteiger partial charge in [0.05, 0.1) is 0 Å². The fourth-order valence-electron chi connectivity index (χ4n) is 1.02. The van der Waals surface area contributed by atoms with Crippen LogP contribution in [0, 0.1) is 0 Å². The molecule has 0 spiro atoms. The van der Waals surface area contributed by atoms with Gasteiger partial charge >= 0.3 is 10.0 Å². The van der Waals surface area contributed by atoms with Crippen LogP contribution in [0.3, 0.4) is 0 Å². The molecule has 0 aromatic carbocycles. The van der Waals surface area contributed by atoms with Crippen LogP contribution in [0.15, 0.2) is 12.7 Å². The summed E-state index contributed by atoms with van der Waals surface area (Å²) >= 11 is 0. The van der Waals surface area contributed by atoms with Crippen molar-refractivity contribution in [3.63, 3.8) is 0 Å². The molecule has 0 aliphatic carbocycles. The van der Waals surface area contributed by atoms with Gasteiger partial charge in [0.25, 0.3) is 5.12 Å². The summed E-state index contributed by atoms with van der Waals surface area (Å²) in [5, 5.41) is -1.35. The molecule has 0 radical (unpaired) electrons. The molecule has 0 aromatic heterocycles. The van der Waals surface area contributed by atoms with Gasteiger partial charge in [-0.2, -0.15) is 12.7 Å². The maximum absolute atomic E-state index is 11.2. The number of nitrogens with zero attached hydrogens (tertiary/aromatic N) is 1. The smallest absolute Gasteiger partial charge is 0.275 e. The Morgan fingerprint density at radius 1 is 1.29 bits per heavy atom. The van der Waals surface area contributed by atoms with Crippen molar-refractivity contribution in [2.75, 3.05) is 0 Å². The van der Waals surface area contributed by atoms with Crippen molar-refractivity contribution in [1.82, 2.24) is 4.31 Å². The molecule has 1 saturated heterocycles. The van der Waals surface area contributed by atoms with Crippen LogP contribution >= 0.6 is 0 Å². The highest BCUT2D eigenvalue weighted by Crippen LogP contribution is 2.17. The lowest BCUT2D eigenvalue weighted by Gasteiger charge is -2.10. The molecule has 0 atom stereocenters. The monoisotopic (exact) mass is 217 g/mol. The molecule has 7 heteroatoms. The zero-order valence-electron chi connectivity index (χ0n) is 7.10. The van der Waals surface area contributed by atoms with Crippen LogP contribution in [0.25, 0.3) is 0 Å². The van der Waals surface area contributed by atoms with E-state index in [0.29, 0.717) is 6.08 Å². The fourth-order valence-corrected chi connectivity index (χ4v) is 2.13. The Morgan fingerprint density at radius 3 is 2.07 bits per heavy atom. The highest BCUT2D eigenvalue weighted by Gasteiger charge is 2.41. The minimum absolute atomic E-state index is 0.0109. The largest absolute Gasteiger partial charge is 0.311 e.